The normalized spacial score (nSPS) is 25.3. The van der Waals surface area contributed by atoms with Gasteiger partial charge in [-0.15, -0.1) is 0 Å². The first-order valence-corrected chi connectivity index (χ1v) is 30.6. The van der Waals surface area contributed by atoms with Crippen LogP contribution in [0.2, 0.25) is 19.6 Å². The molecule has 2 aliphatic carbocycles. The molecule has 6 aromatic carbocycles. The number of fused-ring (bicyclic) bond motifs is 10. The summed E-state index contributed by atoms with van der Waals surface area (Å²) in [6.45, 7) is 37.4. The van der Waals surface area contributed by atoms with E-state index in [0.29, 0.717) is 0 Å². The van der Waals surface area contributed by atoms with Gasteiger partial charge in [-0.2, -0.15) is 0 Å². The molecule has 3 nitrogen and oxygen atoms in total. The highest BCUT2D eigenvalue weighted by Crippen LogP contribution is 2.65. The number of rotatable bonds is 4. The van der Waals surface area contributed by atoms with Crippen molar-refractivity contribution in [1.29, 1.82) is 0 Å². The van der Waals surface area contributed by atoms with Gasteiger partial charge in [-0.05, 0) is 156 Å². The van der Waals surface area contributed by atoms with Crippen molar-refractivity contribution in [3.8, 4) is 11.1 Å². The van der Waals surface area contributed by atoms with E-state index in [2.05, 4.69) is 221 Å². The molecule has 0 bridgehead atoms. The molecular weight excluding hydrogens is 862 g/mol. The average molecular weight is 940 g/mol. The van der Waals surface area contributed by atoms with Crippen molar-refractivity contribution in [2.24, 2.45) is 0 Å². The highest BCUT2D eigenvalue weighted by molar-refractivity contribution is 7.01. The Bertz CT molecular complexity index is 3190. The summed E-state index contributed by atoms with van der Waals surface area (Å²) in [6, 6.07) is 42.3. The number of hydrogen-bond acceptors (Lipinski definition) is 3. The summed E-state index contributed by atoms with van der Waals surface area (Å²) >= 11 is 0. The Morgan fingerprint density at radius 1 is 0.543 bits per heavy atom. The SMILES string of the molecule is Cc1cc(C)c2c(c1)N(c1cc3c4c(c1)N1c5c(cc([Si](C)(C)C)cc5C5(C)CCCCC15C)B4c1ccc(C(C)(C)C)cc1N3c1ccc(C(C)(C)C)cc1-c1ccccc1)C1(C)CCCCC21C. The predicted molar refractivity (Wildman–Crippen MR) is 307 cm³/mol. The molecule has 2 saturated carbocycles. The van der Waals surface area contributed by atoms with Crippen LogP contribution in [0, 0.1) is 13.8 Å². The Kier molecular flexibility index (Phi) is 9.75. The number of nitrogens with zero attached hydrogens (tertiary/aromatic N) is 3. The van der Waals surface area contributed by atoms with Crippen molar-refractivity contribution in [3.63, 3.8) is 0 Å². The van der Waals surface area contributed by atoms with Gasteiger partial charge >= 0.3 is 0 Å². The lowest BCUT2D eigenvalue weighted by atomic mass is 9.33. The van der Waals surface area contributed by atoms with Gasteiger partial charge in [0.05, 0.1) is 24.8 Å². The third-order valence-electron chi connectivity index (χ3n) is 19.7. The van der Waals surface area contributed by atoms with Gasteiger partial charge in [0.15, 0.2) is 0 Å². The summed E-state index contributed by atoms with van der Waals surface area (Å²) in [5, 5.41) is 1.60. The van der Waals surface area contributed by atoms with Crippen LogP contribution in [0.25, 0.3) is 11.1 Å². The van der Waals surface area contributed by atoms with Crippen LogP contribution >= 0.6 is 0 Å². The van der Waals surface area contributed by atoms with Gasteiger partial charge in [-0.3, -0.25) is 0 Å². The van der Waals surface area contributed by atoms with Gasteiger partial charge < -0.3 is 14.7 Å². The molecule has 0 saturated heterocycles. The maximum Gasteiger partial charge on any atom is 0.252 e. The minimum absolute atomic E-state index is 0.0136. The van der Waals surface area contributed by atoms with E-state index in [4.69, 9.17) is 0 Å². The summed E-state index contributed by atoms with van der Waals surface area (Å²) in [4.78, 5) is 8.65. The van der Waals surface area contributed by atoms with Gasteiger partial charge in [-0.1, -0.05) is 173 Å². The van der Waals surface area contributed by atoms with E-state index in [1.165, 1.54) is 141 Å². The van der Waals surface area contributed by atoms with E-state index >= 15 is 0 Å². The first-order valence-electron chi connectivity index (χ1n) is 27.1. The molecule has 5 heteroatoms. The zero-order valence-corrected chi connectivity index (χ0v) is 46.4. The molecule has 0 radical (unpaired) electrons. The molecular formula is C65H78BN3Si. The zero-order chi connectivity index (χ0) is 49.5. The molecule has 4 unspecified atom stereocenters. The molecule has 0 spiro atoms. The molecule has 6 aromatic rings. The van der Waals surface area contributed by atoms with Gasteiger partial charge in [0.1, 0.15) is 0 Å². The van der Waals surface area contributed by atoms with Crippen molar-refractivity contribution in [1.82, 2.24) is 0 Å². The minimum Gasteiger partial charge on any atom is -0.335 e. The number of aryl methyl sites for hydroxylation is 2. The fourth-order valence-corrected chi connectivity index (χ4v) is 16.6. The number of benzene rings is 6. The molecule has 4 heterocycles. The fraction of sp³-hybridized carbons (Fsp3) is 0.446. The van der Waals surface area contributed by atoms with Gasteiger partial charge in [0.25, 0.3) is 6.71 Å². The molecule has 70 heavy (non-hydrogen) atoms. The van der Waals surface area contributed by atoms with Crippen LogP contribution in [0.3, 0.4) is 0 Å². The second kappa shape index (κ2) is 14.8. The summed E-state index contributed by atoms with van der Waals surface area (Å²) in [5.41, 5.74) is 25.2. The lowest BCUT2D eigenvalue weighted by Crippen LogP contribution is -2.65. The third kappa shape index (κ3) is 6.12. The Morgan fingerprint density at radius 3 is 1.83 bits per heavy atom. The summed E-state index contributed by atoms with van der Waals surface area (Å²) in [6.07, 6.45) is 9.87. The third-order valence-corrected chi connectivity index (χ3v) is 21.7. The van der Waals surface area contributed by atoms with E-state index in [0.717, 1.165) is 0 Å². The molecule has 0 aromatic heterocycles. The van der Waals surface area contributed by atoms with Crippen molar-refractivity contribution < 1.29 is 0 Å². The zero-order valence-electron chi connectivity index (χ0n) is 45.4. The van der Waals surface area contributed by atoms with E-state index in [1.54, 1.807) is 16.3 Å². The second-order valence-electron chi connectivity index (χ2n) is 27.0. The largest absolute Gasteiger partial charge is 0.335 e. The standard InChI is InChI=1S/C65H78BN3Si/c1-41-33-42(2)57-54(34-41)68(65(12)32-22-20-30-63(57,65)10)46-37-55-58-56(38-46)69-59-49(62(9)29-19-21-31-64(62,69)11)39-47(70(13,14)15)40-51(59)66(58)50-27-25-45(61(6,7)8)36-53(50)67(55)52-28-26-44(60(3,4)5)35-48(52)43-23-17-16-18-24-43/h16-18,23-28,33-40H,19-22,29-32H2,1-15H3. The smallest absolute Gasteiger partial charge is 0.252 e. The quantitative estimate of drug-likeness (QED) is 0.163. The average Bonchev–Trinajstić information content (AvgIpc) is 3.64. The molecule has 0 amide bonds. The first-order chi connectivity index (χ1) is 32.9. The molecule has 2 fully saturated rings. The Balaban J connectivity index is 1.26. The molecule has 12 rings (SSSR count). The van der Waals surface area contributed by atoms with Crippen LogP contribution in [-0.2, 0) is 21.7 Å². The number of hydrogen-bond donors (Lipinski definition) is 0. The van der Waals surface area contributed by atoms with Crippen LogP contribution < -0.4 is 36.3 Å². The number of anilines is 7. The van der Waals surface area contributed by atoms with Crippen LogP contribution in [-0.4, -0.2) is 25.9 Å². The fourth-order valence-electron chi connectivity index (χ4n) is 15.4. The lowest BCUT2D eigenvalue weighted by molar-refractivity contribution is 0.193. The minimum atomic E-state index is -1.76. The summed E-state index contributed by atoms with van der Waals surface area (Å²) in [7, 11) is -1.76. The van der Waals surface area contributed by atoms with Crippen LogP contribution in [0.4, 0.5) is 39.8 Å². The second-order valence-corrected chi connectivity index (χ2v) is 32.1. The highest BCUT2D eigenvalue weighted by atomic mass is 28.3. The van der Waals surface area contributed by atoms with Gasteiger partial charge in [0.2, 0.25) is 0 Å². The Hall–Kier alpha value is -5.00. The van der Waals surface area contributed by atoms with E-state index in [1.807, 2.05) is 0 Å². The van der Waals surface area contributed by atoms with E-state index in [-0.39, 0.29) is 39.5 Å². The maximum atomic E-state index is 2.98. The Labute approximate surface area is 423 Å². The molecule has 4 atom stereocenters. The highest BCUT2D eigenvalue weighted by Gasteiger charge is 2.63. The lowest BCUT2D eigenvalue weighted by Gasteiger charge is -2.54. The molecule has 360 valence electrons. The monoisotopic (exact) mass is 940 g/mol. The molecule has 4 aliphatic heterocycles. The first kappa shape index (κ1) is 46.1. The topological polar surface area (TPSA) is 9.72 Å². The van der Waals surface area contributed by atoms with Crippen LogP contribution in [0.5, 0.6) is 0 Å². The summed E-state index contributed by atoms with van der Waals surface area (Å²) in [5.74, 6) is 0. The van der Waals surface area contributed by atoms with Crippen molar-refractivity contribution in [3.05, 3.63) is 137 Å². The predicted octanol–water partition coefficient (Wildman–Crippen LogP) is 15.2. The summed E-state index contributed by atoms with van der Waals surface area (Å²) < 4.78 is 0. The maximum absolute atomic E-state index is 2.98. The Morgan fingerprint density at radius 2 is 1.16 bits per heavy atom. The van der Waals surface area contributed by atoms with Crippen molar-refractivity contribution >= 4 is 76.2 Å². The van der Waals surface area contributed by atoms with Crippen LogP contribution in [0.15, 0.2) is 103 Å². The van der Waals surface area contributed by atoms with E-state index < -0.39 is 8.07 Å². The molecule has 6 aliphatic rings. The van der Waals surface area contributed by atoms with Crippen molar-refractivity contribution in [2.75, 3.05) is 14.7 Å². The van der Waals surface area contributed by atoms with Gasteiger partial charge in [0, 0.05) is 50.5 Å². The van der Waals surface area contributed by atoms with Crippen LogP contribution in [0.1, 0.15) is 154 Å². The van der Waals surface area contributed by atoms with Crippen molar-refractivity contribution in [2.45, 2.75) is 187 Å². The molecule has 0 N–H and O–H groups in total. The van der Waals surface area contributed by atoms with E-state index in [9.17, 15) is 0 Å². The van der Waals surface area contributed by atoms with Gasteiger partial charge in [-0.25, -0.2) is 0 Å².